The first-order valence-electron chi connectivity index (χ1n) is 9.78. The summed E-state index contributed by atoms with van der Waals surface area (Å²) in [5, 5.41) is 11.9. The molecule has 0 aromatic heterocycles. The third-order valence-electron chi connectivity index (χ3n) is 5.79. The average Bonchev–Trinajstić information content (AvgIpc) is 2.72. The molecule has 148 valence electrons. The molecule has 0 saturated carbocycles. The van der Waals surface area contributed by atoms with Crippen LogP contribution < -0.4 is 5.32 Å². The highest BCUT2D eigenvalue weighted by Crippen LogP contribution is 2.34. The maximum atomic E-state index is 12.7. The van der Waals surface area contributed by atoms with Crippen LogP contribution in [0.25, 0.3) is 0 Å². The molecule has 1 heterocycles. The first-order chi connectivity index (χ1) is 13.4. The Morgan fingerprint density at radius 3 is 2.46 bits per heavy atom. The van der Waals surface area contributed by atoms with Crippen LogP contribution in [-0.4, -0.2) is 41.0 Å². The Bertz CT molecular complexity index is 820. The van der Waals surface area contributed by atoms with Gasteiger partial charge in [0.2, 0.25) is 5.91 Å². The van der Waals surface area contributed by atoms with E-state index in [1.807, 2.05) is 13.0 Å². The van der Waals surface area contributed by atoms with E-state index in [0.717, 1.165) is 31.5 Å². The van der Waals surface area contributed by atoms with Gasteiger partial charge in [-0.1, -0.05) is 49.4 Å². The van der Waals surface area contributed by atoms with Crippen molar-refractivity contribution in [3.05, 3.63) is 71.3 Å². The van der Waals surface area contributed by atoms with Crippen molar-refractivity contribution in [3.8, 4) is 0 Å². The molecule has 2 atom stereocenters. The van der Waals surface area contributed by atoms with E-state index in [2.05, 4.69) is 41.4 Å². The number of rotatable bonds is 6. The number of hydrogen-bond donors (Lipinski definition) is 2. The summed E-state index contributed by atoms with van der Waals surface area (Å²) in [6, 6.07) is 16.9. The molecule has 5 nitrogen and oxygen atoms in total. The Hall–Kier alpha value is -2.66. The molecule has 2 aromatic rings. The van der Waals surface area contributed by atoms with Crippen LogP contribution in [0.3, 0.4) is 0 Å². The number of carboxylic acid groups (broad SMARTS) is 1. The Morgan fingerprint density at radius 2 is 1.82 bits per heavy atom. The van der Waals surface area contributed by atoms with E-state index in [9.17, 15) is 9.59 Å². The molecule has 1 fully saturated rings. The molecule has 28 heavy (non-hydrogen) atoms. The molecule has 3 rings (SSSR count). The number of amides is 1. The van der Waals surface area contributed by atoms with Crippen molar-refractivity contribution in [1.29, 1.82) is 0 Å². The highest BCUT2D eigenvalue weighted by Gasteiger charge is 2.35. The van der Waals surface area contributed by atoms with Crippen molar-refractivity contribution in [2.45, 2.75) is 44.7 Å². The average molecular weight is 380 g/mol. The summed E-state index contributed by atoms with van der Waals surface area (Å²) < 4.78 is 0. The van der Waals surface area contributed by atoms with Crippen LogP contribution >= 0.6 is 0 Å². The molecule has 0 spiro atoms. The zero-order valence-electron chi connectivity index (χ0n) is 16.5. The quantitative estimate of drug-likeness (QED) is 0.805. The number of aromatic carboxylic acids is 1. The van der Waals surface area contributed by atoms with Gasteiger partial charge >= 0.3 is 5.97 Å². The van der Waals surface area contributed by atoms with Gasteiger partial charge in [0.15, 0.2) is 0 Å². The van der Waals surface area contributed by atoms with Crippen molar-refractivity contribution in [3.63, 3.8) is 0 Å². The maximum Gasteiger partial charge on any atom is 0.335 e. The Balaban J connectivity index is 1.59. The lowest BCUT2D eigenvalue weighted by Gasteiger charge is -2.43. The molecule has 1 amide bonds. The Morgan fingerprint density at radius 1 is 1.14 bits per heavy atom. The van der Waals surface area contributed by atoms with Crippen LogP contribution in [0.4, 0.5) is 0 Å². The first-order valence-corrected chi connectivity index (χ1v) is 9.78. The Kier molecular flexibility index (Phi) is 6.15. The smallest absolute Gasteiger partial charge is 0.335 e. The van der Waals surface area contributed by atoms with E-state index in [-0.39, 0.29) is 22.9 Å². The van der Waals surface area contributed by atoms with Crippen molar-refractivity contribution in [2.24, 2.45) is 0 Å². The second-order valence-electron chi connectivity index (χ2n) is 7.90. The molecule has 0 bridgehead atoms. The minimum Gasteiger partial charge on any atom is -0.478 e. The lowest BCUT2D eigenvalue weighted by molar-refractivity contribution is -0.126. The number of carbonyl (C=O) groups is 2. The fourth-order valence-electron chi connectivity index (χ4n) is 3.95. The lowest BCUT2D eigenvalue weighted by atomic mass is 9.75. The maximum absolute atomic E-state index is 12.7. The van der Waals surface area contributed by atoms with Gasteiger partial charge in [0, 0.05) is 18.5 Å². The van der Waals surface area contributed by atoms with Crippen molar-refractivity contribution < 1.29 is 14.7 Å². The van der Waals surface area contributed by atoms with Gasteiger partial charge < -0.3 is 10.4 Å². The van der Waals surface area contributed by atoms with Crippen molar-refractivity contribution >= 4 is 11.9 Å². The van der Waals surface area contributed by atoms with Gasteiger partial charge in [0.05, 0.1) is 11.6 Å². The van der Waals surface area contributed by atoms with E-state index in [1.54, 1.807) is 24.3 Å². The van der Waals surface area contributed by atoms with Gasteiger partial charge in [-0.3, -0.25) is 9.69 Å². The second-order valence-corrected chi connectivity index (χ2v) is 7.90. The number of nitrogens with zero attached hydrogens (tertiary/aromatic N) is 1. The minimum atomic E-state index is -0.948. The summed E-state index contributed by atoms with van der Waals surface area (Å²) in [5.74, 6) is -0.949. The summed E-state index contributed by atoms with van der Waals surface area (Å²) in [5.41, 5.74) is 2.52. The topological polar surface area (TPSA) is 69.6 Å². The SMILES string of the molecule is CC(C(=O)NCc1ccc(C(=O)O)cc1)N1CCCC(C)(c2ccccc2)C1. The standard InChI is InChI=1S/C23H28N2O3/c1-17(21(26)24-15-18-9-11-19(12-10-18)22(27)28)25-14-6-13-23(2,16-25)20-7-4-3-5-8-20/h3-5,7-12,17H,6,13-16H2,1-2H3,(H,24,26)(H,27,28). The highest BCUT2D eigenvalue weighted by molar-refractivity contribution is 5.87. The van der Waals surface area contributed by atoms with Crippen LogP contribution in [0, 0.1) is 0 Å². The molecular weight excluding hydrogens is 352 g/mol. The zero-order chi connectivity index (χ0) is 20.1. The molecule has 2 N–H and O–H groups in total. The van der Waals surface area contributed by atoms with Crippen LogP contribution in [0.2, 0.25) is 0 Å². The lowest BCUT2D eigenvalue weighted by Crippen LogP contribution is -2.52. The van der Waals surface area contributed by atoms with Crippen molar-refractivity contribution in [2.75, 3.05) is 13.1 Å². The number of likely N-dealkylation sites (tertiary alicyclic amines) is 1. The molecule has 2 aromatic carbocycles. The van der Waals surface area contributed by atoms with Gasteiger partial charge in [0.25, 0.3) is 0 Å². The second kappa shape index (κ2) is 8.57. The monoisotopic (exact) mass is 380 g/mol. The normalized spacial score (nSPS) is 21.1. The minimum absolute atomic E-state index is 0.000349. The van der Waals surface area contributed by atoms with Crippen LogP contribution in [-0.2, 0) is 16.8 Å². The van der Waals surface area contributed by atoms with Crippen LogP contribution in [0.15, 0.2) is 54.6 Å². The number of carboxylic acids is 1. The van der Waals surface area contributed by atoms with E-state index >= 15 is 0 Å². The highest BCUT2D eigenvalue weighted by atomic mass is 16.4. The Labute approximate surface area is 166 Å². The van der Waals surface area contributed by atoms with E-state index in [4.69, 9.17) is 5.11 Å². The van der Waals surface area contributed by atoms with Crippen LogP contribution in [0.5, 0.6) is 0 Å². The number of piperidine rings is 1. The van der Waals surface area contributed by atoms with Gasteiger partial charge in [-0.25, -0.2) is 4.79 Å². The molecule has 2 unspecified atom stereocenters. The predicted molar refractivity (Wildman–Crippen MR) is 109 cm³/mol. The number of carbonyl (C=O) groups excluding carboxylic acids is 1. The molecular formula is C23H28N2O3. The first kappa shape index (κ1) is 20.1. The summed E-state index contributed by atoms with van der Waals surface area (Å²) in [6.07, 6.45) is 2.19. The molecule has 0 aliphatic carbocycles. The van der Waals surface area contributed by atoms with E-state index < -0.39 is 5.97 Å². The molecule has 1 aliphatic rings. The van der Waals surface area contributed by atoms with Gasteiger partial charge in [-0.2, -0.15) is 0 Å². The summed E-state index contributed by atoms with van der Waals surface area (Å²) in [4.78, 5) is 25.9. The fourth-order valence-corrected chi connectivity index (χ4v) is 3.95. The largest absolute Gasteiger partial charge is 0.478 e. The number of benzene rings is 2. The summed E-state index contributed by atoms with van der Waals surface area (Å²) in [6.45, 7) is 6.42. The van der Waals surface area contributed by atoms with E-state index in [0.29, 0.717) is 6.54 Å². The molecule has 1 aliphatic heterocycles. The number of nitrogens with one attached hydrogen (secondary N) is 1. The third kappa shape index (κ3) is 4.60. The van der Waals surface area contributed by atoms with Crippen molar-refractivity contribution in [1.82, 2.24) is 10.2 Å². The fraction of sp³-hybridized carbons (Fsp3) is 0.391. The van der Waals surface area contributed by atoms with Crippen LogP contribution in [0.1, 0.15) is 48.2 Å². The molecule has 1 saturated heterocycles. The third-order valence-corrected chi connectivity index (χ3v) is 5.79. The molecule has 5 heteroatoms. The zero-order valence-corrected chi connectivity index (χ0v) is 16.5. The summed E-state index contributed by atoms with van der Waals surface area (Å²) in [7, 11) is 0. The van der Waals surface area contributed by atoms with Gasteiger partial charge in [-0.05, 0) is 49.6 Å². The van der Waals surface area contributed by atoms with Gasteiger partial charge in [0.1, 0.15) is 0 Å². The summed E-state index contributed by atoms with van der Waals surface area (Å²) >= 11 is 0. The predicted octanol–water partition coefficient (Wildman–Crippen LogP) is 3.44. The van der Waals surface area contributed by atoms with Gasteiger partial charge in [-0.15, -0.1) is 0 Å². The van der Waals surface area contributed by atoms with E-state index in [1.165, 1.54) is 5.56 Å². The molecule has 0 radical (unpaired) electrons. The number of hydrogen-bond acceptors (Lipinski definition) is 3.